The number of fused-ring (bicyclic) bond motifs is 1. The van der Waals surface area contributed by atoms with E-state index in [-0.39, 0.29) is 11.9 Å². The average Bonchev–Trinajstić information content (AvgIpc) is 2.37. The number of hydrogen-bond acceptors (Lipinski definition) is 2. The predicted octanol–water partition coefficient (Wildman–Crippen LogP) is 3.42. The first-order valence-corrected chi connectivity index (χ1v) is 6.87. The molecular formula is C15H15ClN2O. The van der Waals surface area contributed by atoms with E-state index >= 15 is 0 Å². The minimum absolute atomic E-state index is 0.135. The summed E-state index contributed by atoms with van der Waals surface area (Å²) in [6, 6.07) is 9.75. The third-order valence-corrected chi connectivity index (χ3v) is 3.92. The number of carbonyl (C=O) groups excluding carboxylic acids is 1. The largest absolute Gasteiger partial charge is 0.348 e. The fourth-order valence-electron chi connectivity index (χ4n) is 2.55. The Morgan fingerprint density at radius 2 is 2.11 bits per heavy atom. The van der Waals surface area contributed by atoms with E-state index in [0.29, 0.717) is 16.8 Å². The monoisotopic (exact) mass is 274 g/mol. The van der Waals surface area contributed by atoms with Crippen LogP contribution in [0.4, 0.5) is 0 Å². The minimum Gasteiger partial charge on any atom is -0.348 e. The third-order valence-electron chi connectivity index (χ3n) is 3.64. The van der Waals surface area contributed by atoms with Crippen molar-refractivity contribution in [3.05, 3.63) is 41.2 Å². The van der Waals surface area contributed by atoms with Crippen LogP contribution < -0.4 is 5.32 Å². The second-order valence-corrected chi connectivity index (χ2v) is 5.62. The van der Waals surface area contributed by atoms with Gasteiger partial charge in [-0.1, -0.05) is 42.8 Å². The summed E-state index contributed by atoms with van der Waals surface area (Å²) >= 11 is 6.12. The number of aromatic nitrogens is 1. The lowest BCUT2D eigenvalue weighted by Gasteiger charge is -2.33. The quantitative estimate of drug-likeness (QED) is 0.853. The SMILES string of the molecule is CC1CC(NC(=O)c2cc3ccccc3c(Cl)n2)C1. The fraction of sp³-hybridized carbons (Fsp3) is 0.333. The number of hydrogen-bond donors (Lipinski definition) is 1. The number of rotatable bonds is 2. The van der Waals surface area contributed by atoms with Crippen LogP contribution in [-0.2, 0) is 0 Å². The van der Waals surface area contributed by atoms with Crippen LogP contribution in [0.3, 0.4) is 0 Å². The zero-order valence-electron chi connectivity index (χ0n) is 10.7. The average molecular weight is 275 g/mol. The van der Waals surface area contributed by atoms with Crippen molar-refractivity contribution in [2.45, 2.75) is 25.8 Å². The molecule has 2 aromatic rings. The van der Waals surface area contributed by atoms with Gasteiger partial charge in [-0.15, -0.1) is 0 Å². The lowest BCUT2D eigenvalue weighted by atomic mass is 9.82. The molecule has 0 saturated heterocycles. The molecule has 0 spiro atoms. The molecule has 1 amide bonds. The van der Waals surface area contributed by atoms with E-state index < -0.39 is 0 Å². The van der Waals surface area contributed by atoms with Crippen LogP contribution in [0.5, 0.6) is 0 Å². The summed E-state index contributed by atoms with van der Waals surface area (Å²) in [5.41, 5.74) is 0.392. The molecule has 1 aliphatic rings. The number of benzene rings is 1. The molecule has 1 aliphatic carbocycles. The summed E-state index contributed by atoms with van der Waals surface area (Å²) in [6.45, 7) is 2.19. The third kappa shape index (κ3) is 2.43. The highest BCUT2D eigenvalue weighted by molar-refractivity contribution is 6.34. The van der Waals surface area contributed by atoms with Crippen molar-refractivity contribution >= 4 is 28.3 Å². The Balaban J connectivity index is 1.86. The molecule has 0 unspecified atom stereocenters. The zero-order chi connectivity index (χ0) is 13.4. The van der Waals surface area contributed by atoms with Gasteiger partial charge in [0.05, 0.1) is 0 Å². The van der Waals surface area contributed by atoms with Gasteiger partial charge in [0.25, 0.3) is 5.91 Å². The van der Waals surface area contributed by atoms with Crippen LogP contribution in [0.15, 0.2) is 30.3 Å². The molecule has 98 valence electrons. The highest BCUT2D eigenvalue weighted by Gasteiger charge is 2.27. The molecule has 1 fully saturated rings. The number of nitrogens with zero attached hydrogens (tertiary/aromatic N) is 1. The van der Waals surface area contributed by atoms with E-state index in [9.17, 15) is 4.79 Å². The molecule has 4 heteroatoms. The summed E-state index contributed by atoms with van der Waals surface area (Å²) in [6.07, 6.45) is 2.10. The van der Waals surface area contributed by atoms with Crippen LogP contribution in [0.25, 0.3) is 10.8 Å². The smallest absolute Gasteiger partial charge is 0.270 e. The van der Waals surface area contributed by atoms with Gasteiger partial charge in [-0.2, -0.15) is 0 Å². The molecule has 1 aromatic heterocycles. The number of halogens is 1. The number of pyridine rings is 1. The Labute approximate surface area is 117 Å². The molecule has 0 radical (unpaired) electrons. The number of carbonyl (C=O) groups is 1. The highest BCUT2D eigenvalue weighted by Crippen LogP contribution is 2.27. The van der Waals surface area contributed by atoms with Gasteiger partial charge in [-0.05, 0) is 30.2 Å². The summed E-state index contributed by atoms with van der Waals surface area (Å²) in [5, 5.41) is 5.19. The molecular weight excluding hydrogens is 260 g/mol. The van der Waals surface area contributed by atoms with Crippen LogP contribution in [0.1, 0.15) is 30.3 Å². The number of nitrogens with one attached hydrogen (secondary N) is 1. The summed E-state index contributed by atoms with van der Waals surface area (Å²) in [4.78, 5) is 16.3. The molecule has 1 saturated carbocycles. The van der Waals surface area contributed by atoms with Crippen molar-refractivity contribution in [3.8, 4) is 0 Å². The van der Waals surface area contributed by atoms with E-state index in [1.54, 1.807) is 6.07 Å². The summed E-state index contributed by atoms with van der Waals surface area (Å²) in [7, 11) is 0. The summed E-state index contributed by atoms with van der Waals surface area (Å²) in [5.74, 6) is 0.572. The molecule has 0 aliphatic heterocycles. The van der Waals surface area contributed by atoms with Crippen LogP contribution in [0.2, 0.25) is 5.15 Å². The maximum absolute atomic E-state index is 12.1. The molecule has 19 heavy (non-hydrogen) atoms. The van der Waals surface area contributed by atoms with E-state index in [0.717, 1.165) is 23.6 Å². The van der Waals surface area contributed by atoms with Crippen LogP contribution in [0, 0.1) is 5.92 Å². The maximum atomic E-state index is 12.1. The van der Waals surface area contributed by atoms with Crippen LogP contribution >= 0.6 is 11.6 Å². The molecule has 1 aromatic carbocycles. The maximum Gasteiger partial charge on any atom is 0.270 e. The Bertz CT molecular complexity index is 635. The lowest BCUT2D eigenvalue weighted by Crippen LogP contribution is -2.43. The first kappa shape index (κ1) is 12.4. The first-order chi connectivity index (χ1) is 9.13. The highest BCUT2D eigenvalue weighted by atomic mass is 35.5. The van der Waals surface area contributed by atoms with Crippen LogP contribution in [-0.4, -0.2) is 16.9 Å². The molecule has 1 heterocycles. The van der Waals surface area contributed by atoms with E-state index in [1.807, 2.05) is 24.3 Å². The van der Waals surface area contributed by atoms with E-state index in [2.05, 4.69) is 17.2 Å². The normalized spacial score (nSPS) is 22.0. The zero-order valence-corrected chi connectivity index (χ0v) is 11.4. The molecule has 1 N–H and O–H groups in total. The Hall–Kier alpha value is -1.61. The van der Waals surface area contributed by atoms with Crippen molar-refractivity contribution in [3.63, 3.8) is 0 Å². The minimum atomic E-state index is -0.135. The van der Waals surface area contributed by atoms with Crippen molar-refractivity contribution in [1.29, 1.82) is 0 Å². The van der Waals surface area contributed by atoms with Gasteiger partial charge in [0.15, 0.2) is 0 Å². The van der Waals surface area contributed by atoms with Crippen molar-refractivity contribution in [2.75, 3.05) is 0 Å². The number of amides is 1. The van der Waals surface area contributed by atoms with E-state index in [4.69, 9.17) is 11.6 Å². The Morgan fingerprint density at radius 1 is 1.37 bits per heavy atom. The van der Waals surface area contributed by atoms with Gasteiger partial charge in [0.2, 0.25) is 0 Å². The molecule has 0 atom stereocenters. The molecule has 0 bridgehead atoms. The topological polar surface area (TPSA) is 42.0 Å². The van der Waals surface area contributed by atoms with Gasteiger partial charge >= 0.3 is 0 Å². The van der Waals surface area contributed by atoms with Crippen molar-refractivity contribution in [2.24, 2.45) is 5.92 Å². The fourth-order valence-corrected chi connectivity index (χ4v) is 2.82. The van der Waals surface area contributed by atoms with Crippen molar-refractivity contribution in [1.82, 2.24) is 10.3 Å². The first-order valence-electron chi connectivity index (χ1n) is 6.49. The van der Waals surface area contributed by atoms with Gasteiger partial charge in [-0.3, -0.25) is 4.79 Å². The second kappa shape index (κ2) is 4.82. The van der Waals surface area contributed by atoms with E-state index in [1.165, 1.54) is 0 Å². The second-order valence-electron chi connectivity index (χ2n) is 5.27. The van der Waals surface area contributed by atoms with Gasteiger partial charge in [-0.25, -0.2) is 4.98 Å². The van der Waals surface area contributed by atoms with Gasteiger partial charge < -0.3 is 5.32 Å². The summed E-state index contributed by atoms with van der Waals surface area (Å²) < 4.78 is 0. The Morgan fingerprint density at radius 3 is 2.84 bits per heavy atom. The van der Waals surface area contributed by atoms with Crippen molar-refractivity contribution < 1.29 is 4.79 Å². The molecule has 3 nitrogen and oxygen atoms in total. The lowest BCUT2D eigenvalue weighted by molar-refractivity contribution is 0.0891. The predicted molar refractivity (Wildman–Crippen MR) is 76.4 cm³/mol. The van der Waals surface area contributed by atoms with Gasteiger partial charge in [0.1, 0.15) is 10.8 Å². The Kier molecular flexibility index (Phi) is 3.15. The standard InChI is InChI=1S/C15H15ClN2O/c1-9-6-11(7-9)17-15(19)13-8-10-4-2-3-5-12(10)14(16)18-13/h2-5,8-9,11H,6-7H2,1H3,(H,17,19). The molecule has 3 rings (SSSR count). The van der Waals surface area contributed by atoms with Gasteiger partial charge in [0, 0.05) is 11.4 Å².